The van der Waals surface area contributed by atoms with Crippen molar-refractivity contribution in [1.82, 2.24) is 0 Å². The molecule has 0 aliphatic rings. The van der Waals surface area contributed by atoms with Crippen LogP contribution in [0.15, 0.2) is 18.2 Å². The first kappa shape index (κ1) is 27.8. The van der Waals surface area contributed by atoms with Crippen LogP contribution >= 0.6 is 0 Å². The summed E-state index contributed by atoms with van der Waals surface area (Å²) in [4.78, 5) is 22.1. The summed E-state index contributed by atoms with van der Waals surface area (Å²) >= 11 is 0. The van der Waals surface area contributed by atoms with Crippen LogP contribution in [0.4, 0.5) is 0 Å². The molecule has 0 spiro atoms. The predicted molar refractivity (Wildman–Crippen MR) is 123 cm³/mol. The van der Waals surface area contributed by atoms with Gasteiger partial charge >= 0.3 is 11.9 Å². The first-order valence-electron chi connectivity index (χ1n) is 11.6. The van der Waals surface area contributed by atoms with Gasteiger partial charge in [0.25, 0.3) is 0 Å². The summed E-state index contributed by atoms with van der Waals surface area (Å²) < 4.78 is 21.6. The zero-order chi connectivity index (χ0) is 23.6. The molecule has 1 aromatic rings. The highest BCUT2D eigenvalue weighted by Gasteiger charge is 2.10. The average molecular weight is 453 g/mol. The van der Waals surface area contributed by atoms with Crippen molar-refractivity contribution >= 4 is 11.9 Å². The molecule has 0 aliphatic carbocycles. The van der Waals surface area contributed by atoms with Crippen LogP contribution < -0.4 is 9.47 Å². The highest BCUT2D eigenvalue weighted by molar-refractivity contribution is 5.69. The van der Waals surface area contributed by atoms with Crippen molar-refractivity contribution in [3.63, 3.8) is 0 Å². The molecule has 0 aliphatic heterocycles. The molecule has 0 heterocycles. The third-order valence-corrected chi connectivity index (χ3v) is 5.29. The smallest absolute Gasteiger partial charge is 0.306 e. The quantitative estimate of drug-likeness (QED) is 0.232. The molecule has 1 N–H and O–H groups in total. The summed E-state index contributed by atoms with van der Waals surface area (Å²) in [7, 11) is 3.07. The molecule has 7 nitrogen and oxygen atoms in total. The first-order valence-corrected chi connectivity index (χ1v) is 11.6. The van der Waals surface area contributed by atoms with Crippen molar-refractivity contribution in [1.29, 1.82) is 0 Å². The number of aryl methyl sites for hydroxylation is 1. The number of hydrogen-bond acceptors (Lipinski definition) is 6. The van der Waals surface area contributed by atoms with E-state index in [-0.39, 0.29) is 11.9 Å². The molecule has 7 heteroatoms. The number of benzene rings is 1. The van der Waals surface area contributed by atoms with Gasteiger partial charge in [0, 0.05) is 26.6 Å². The highest BCUT2D eigenvalue weighted by atomic mass is 16.5. The number of hydrogen-bond donors (Lipinski definition) is 1. The Labute approximate surface area is 192 Å². The van der Waals surface area contributed by atoms with Gasteiger partial charge < -0.3 is 24.1 Å². The van der Waals surface area contributed by atoms with Gasteiger partial charge in [-0.1, -0.05) is 32.3 Å². The number of ether oxygens (including phenoxy) is 4. The molecule has 0 aromatic heterocycles. The number of unbranched alkanes of at least 4 members (excludes halogenated alkanes) is 4. The van der Waals surface area contributed by atoms with Crippen LogP contribution in [0.1, 0.15) is 70.3 Å². The van der Waals surface area contributed by atoms with Gasteiger partial charge in [-0.2, -0.15) is 0 Å². The summed E-state index contributed by atoms with van der Waals surface area (Å²) in [5.74, 6) is 0.274. The van der Waals surface area contributed by atoms with Crippen LogP contribution in [0.2, 0.25) is 0 Å². The van der Waals surface area contributed by atoms with Crippen molar-refractivity contribution in [2.45, 2.75) is 71.1 Å². The third kappa shape index (κ3) is 12.5. The highest BCUT2D eigenvalue weighted by Crippen LogP contribution is 2.30. The SMILES string of the molecule is COCCCOc1cc(CCCCCC[C@@H](C)C(=O)O)ccc1OCCCCC(=O)OC. The molecule has 0 unspecified atom stereocenters. The molecule has 0 fully saturated rings. The zero-order valence-corrected chi connectivity index (χ0v) is 19.9. The van der Waals surface area contributed by atoms with Crippen molar-refractivity contribution in [3.8, 4) is 11.5 Å². The van der Waals surface area contributed by atoms with Gasteiger partial charge in [0.2, 0.25) is 0 Å². The van der Waals surface area contributed by atoms with E-state index in [1.54, 1.807) is 14.0 Å². The van der Waals surface area contributed by atoms with E-state index in [0.29, 0.717) is 32.0 Å². The monoisotopic (exact) mass is 452 g/mol. The second-order valence-electron chi connectivity index (χ2n) is 8.05. The fourth-order valence-corrected chi connectivity index (χ4v) is 3.24. The number of rotatable bonds is 19. The molecule has 1 atom stereocenters. The molecule has 0 amide bonds. The Morgan fingerprint density at radius 1 is 0.875 bits per heavy atom. The summed E-state index contributed by atoms with van der Waals surface area (Å²) in [5, 5.41) is 8.94. The van der Waals surface area contributed by atoms with Gasteiger partial charge in [0.15, 0.2) is 11.5 Å². The number of aliphatic carboxylic acids is 1. The number of esters is 1. The van der Waals surface area contributed by atoms with E-state index in [0.717, 1.165) is 63.5 Å². The minimum Gasteiger partial charge on any atom is -0.490 e. The van der Waals surface area contributed by atoms with E-state index in [2.05, 4.69) is 10.8 Å². The molecular weight excluding hydrogens is 412 g/mol. The second-order valence-corrected chi connectivity index (χ2v) is 8.05. The number of carbonyl (C=O) groups excluding carboxylic acids is 1. The maximum Gasteiger partial charge on any atom is 0.306 e. The lowest BCUT2D eigenvalue weighted by atomic mass is 10.0. The van der Waals surface area contributed by atoms with Gasteiger partial charge in [0.05, 0.1) is 26.2 Å². The van der Waals surface area contributed by atoms with E-state index in [4.69, 9.17) is 19.3 Å². The van der Waals surface area contributed by atoms with Crippen LogP contribution in [0.25, 0.3) is 0 Å². The Kier molecular flexibility index (Phi) is 15.0. The summed E-state index contributed by atoms with van der Waals surface area (Å²) in [5.41, 5.74) is 1.20. The lowest BCUT2D eigenvalue weighted by Gasteiger charge is -2.14. The van der Waals surface area contributed by atoms with Crippen LogP contribution in [0.5, 0.6) is 11.5 Å². The van der Waals surface area contributed by atoms with Gasteiger partial charge in [-0.15, -0.1) is 0 Å². The van der Waals surface area contributed by atoms with Gasteiger partial charge in [-0.05, 0) is 49.8 Å². The molecule has 1 aromatic carbocycles. The predicted octanol–water partition coefficient (Wildman–Crippen LogP) is 5.04. The molecule has 0 radical (unpaired) electrons. The number of methoxy groups -OCH3 is 2. The van der Waals surface area contributed by atoms with E-state index >= 15 is 0 Å². The van der Waals surface area contributed by atoms with Crippen molar-refractivity contribution in [2.75, 3.05) is 34.0 Å². The molecule has 32 heavy (non-hydrogen) atoms. The van der Waals surface area contributed by atoms with Crippen LogP contribution in [-0.2, 0) is 25.5 Å². The van der Waals surface area contributed by atoms with Gasteiger partial charge in [0.1, 0.15) is 0 Å². The maximum absolute atomic E-state index is 11.2. The van der Waals surface area contributed by atoms with E-state index < -0.39 is 5.97 Å². The van der Waals surface area contributed by atoms with E-state index in [1.165, 1.54) is 12.7 Å². The van der Waals surface area contributed by atoms with Crippen molar-refractivity contribution < 1.29 is 33.6 Å². The molecule has 0 bridgehead atoms. The standard InChI is InChI=1S/C25H40O7/c1-20(25(27)28)11-6-4-5-7-12-21-14-15-22(23(19-21)32-18-10-16-29-2)31-17-9-8-13-24(26)30-3/h14-15,19-20H,4-13,16-18H2,1-3H3,(H,27,28)/t20-/m1/s1. The Balaban J connectivity index is 2.48. The molecule has 1 rings (SSSR count). The molecule has 0 saturated heterocycles. The number of carboxylic acids is 1. The Hall–Kier alpha value is -2.28. The lowest BCUT2D eigenvalue weighted by molar-refractivity contribution is -0.142. The third-order valence-electron chi connectivity index (χ3n) is 5.29. The minimum atomic E-state index is -0.714. The first-order chi connectivity index (χ1) is 15.5. The minimum absolute atomic E-state index is 0.201. The summed E-state index contributed by atoms with van der Waals surface area (Å²) in [6.07, 6.45) is 8.49. The number of carboxylic acid groups (broad SMARTS) is 1. The van der Waals surface area contributed by atoms with Crippen molar-refractivity contribution in [2.24, 2.45) is 5.92 Å². The largest absolute Gasteiger partial charge is 0.490 e. The Morgan fingerprint density at radius 3 is 2.31 bits per heavy atom. The maximum atomic E-state index is 11.2. The molecule has 182 valence electrons. The lowest BCUT2D eigenvalue weighted by Crippen LogP contribution is -2.08. The fraction of sp³-hybridized carbons (Fsp3) is 0.680. The van der Waals surface area contributed by atoms with Crippen LogP contribution in [0.3, 0.4) is 0 Å². The Morgan fingerprint density at radius 2 is 1.59 bits per heavy atom. The van der Waals surface area contributed by atoms with Crippen LogP contribution in [-0.4, -0.2) is 51.1 Å². The Bertz CT molecular complexity index is 660. The van der Waals surface area contributed by atoms with Gasteiger partial charge in [-0.25, -0.2) is 0 Å². The topological polar surface area (TPSA) is 91.3 Å². The summed E-state index contributed by atoms with van der Waals surface area (Å²) in [6, 6.07) is 6.07. The van der Waals surface area contributed by atoms with E-state index in [9.17, 15) is 9.59 Å². The van der Waals surface area contributed by atoms with Crippen LogP contribution in [0, 0.1) is 5.92 Å². The normalized spacial score (nSPS) is 11.7. The number of carbonyl (C=O) groups is 2. The van der Waals surface area contributed by atoms with E-state index in [1.807, 2.05) is 12.1 Å². The molecule has 0 saturated carbocycles. The molecular formula is C25H40O7. The summed E-state index contributed by atoms with van der Waals surface area (Å²) in [6.45, 7) is 3.47. The second kappa shape index (κ2) is 17.3. The fourth-order valence-electron chi connectivity index (χ4n) is 3.24. The average Bonchev–Trinajstić information content (AvgIpc) is 2.79. The van der Waals surface area contributed by atoms with Gasteiger partial charge in [-0.3, -0.25) is 9.59 Å². The van der Waals surface area contributed by atoms with Crippen molar-refractivity contribution in [3.05, 3.63) is 23.8 Å². The zero-order valence-electron chi connectivity index (χ0n) is 19.9.